The number of hydrogen-bond donors (Lipinski definition) is 0. The van der Waals surface area contributed by atoms with Gasteiger partial charge in [-0.1, -0.05) is 19.9 Å². The minimum absolute atomic E-state index is 0.00144. The molecule has 0 radical (unpaired) electrons. The van der Waals surface area contributed by atoms with E-state index in [2.05, 4.69) is 13.0 Å². The van der Waals surface area contributed by atoms with Crippen LogP contribution in [0.15, 0.2) is 12.1 Å². The third kappa shape index (κ3) is 4.11. The van der Waals surface area contributed by atoms with Crippen LogP contribution in [0, 0.1) is 49.0 Å². The van der Waals surface area contributed by atoms with Gasteiger partial charge in [-0.05, 0) is 98.1 Å². The standard InChI is InChI=1S/C12H13F3.C12H15F/c1-6-3-4-8-9(5-6)12(15)11(14)7(2)10(8)13;1-8-3-4-10-5-9(2)7-12(13)11(10)6-8/h6H,3-5H2,1-2H3;5,7-8H,3-4,6H2,1-2H3. The lowest BCUT2D eigenvalue weighted by Crippen LogP contribution is -2.17. The van der Waals surface area contributed by atoms with Crippen molar-refractivity contribution in [3.63, 3.8) is 0 Å². The number of rotatable bonds is 0. The van der Waals surface area contributed by atoms with Gasteiger partial charge in [-0.2, -0.15) is 0 Å². The molecule has 2 unspecified atom stereocenters. The first-order valence-electron chi connectivity index (χ1n) is 10.1. The van der Waals surface area contributed by atoms with Crippen LogP contribution in [0.2, 0.25) is 0 Å². The van der Waals surface area contributed by atoms with Crippen molar-refractivity contribution in [2.24, 2.45) is 11.8 Å². The second-order valence-corrected chi connectivity index (χ2v) is 8.60. The van der Waals surface area contributed by atoms with Crippen LogP contribution in [0.5, 0.6) is 0 Å². The topological polar surface area (TPSA) is 0 Å². The summed E-state index contributed by atoms with van der Waals surface area (Å²) in [5.41, 5.74) is 3.67. The van der Waals surface area contributed by atoms with E-state index in [9.17, 15) is 17.6 Å². The largest absolute Gasteiger partial charge is 0.207 e. The van der Waals surface area contributed by atoms with E-state index in [1.807, 2.05) is 13.8 Å². The van der Waals surface area contributed by atoms with E-state index in [0.717, 1.165) is 30.4 Å². The van der Waals surface area contributed by atoms with Crippen molar-refractivity contribution < 1.29 is 17.6 Å². The molecule has 152 valence electrons. The Morgan fingerprint density at radius 2 is 1.32 bits per heavy atom. The van der Waals surface area contributed by atoms with E-state index < -0.39 is 17.5 Å². The Morgan fingerprint density at radius 3 is 2.00 bits per heavy atom. The number of halogens is 4. The first kappa shape index (κ1) is 20.9. The second-order valence-electron chi connectivity index (χ2n) is 8.60. The first-order valence-corrected chi connectivity index (χ1v) is 10.1. The van der Waals surface area contributed by atoms with Crippen LogP contribution in [0.3, 0.4) is 0 Å². The van der Waals surface area contributed by atoms with E-state index in [1.165, 1.54) is 18.9 Å². The van der Waals surface area contributed by atoms with Crippen molar-refractivity contribution in [3.8, 4) is 0 Å². The van der Waals surface area contributed by atoms with Crippen molar-refractivity contribution >= 4 is 0 Å². The van der Waals surface area contributed by atoms with Gasteiger partial charge in [0.1, 0.15) is 11.6 Å². The zero-order chi connectivity index (χ0) is 20.6. The molecule has 28 heavy (non-hydrogen) atoms. The Kier molecular flexibility index (Phi) is 6.16. The van der Waals surface area contributed by atoms with Gasteiger partial charge in [-0.3, -0.25) is 0 Å². The Bertz CT molecular complexity index is 885. The highest BCUT2D eigenvalue weighted by Gasteiger charge is 2.26. The maximum absolute atomic E-state index is 13.6. The highest BCUT2D eigenvalue weighted by atomic mass is 19.2. The minimum Gasteiger partial charge on any atom is -0.207 e. The molecule has 0 aliphatic heterocycles. The van der Waals surface area contributed by atoms with Crippen molar-refractivity contribution in [1.82, 2.24) is 0 Å². The molecule has 2 aliphatic rings. The van der Waals surface area contributed by atoms with Crippen molar-refractivity contribution in [3.05, 3.63) is 68.8 Å². The van der Waals surface area contributed by atoms with E-state index in [4.69, 9.17) is 0 Å². The van der Waals surface area contributed by atoms with Crippen molar-refractivity contribution in [1.29, 1.82) is 0 Å². The molecule has 0 spiro atoms. The van der Waals surface area contributed by atoms with Crippen LogP contribution in [0.25, 0.3) is 0 Å². The highest BCUT2D eigenvalue weighted by Crippen LogP contribution is 2.32. The van der Waals surface area contributed by atoms with Crippen LogP contribution in [-0.4, -0.2) is 0 Å². The summed E-state index contributed by atoms with van der Waals surface area (Å²) >= 11 is 0. The summed E-state index contributed by atoms with van der Waals surface area (Å²) in [7, 11) is 0. The molecule has 2 aliphatic carbocycles. The van der Waals surface area contributed by atoms with Crippen LogP contribution in [0.4, 0.5) is 17.6 Å². The quantitative estimate of drug-likeness (QED) is 0.342. The molecular formula is C24H28F4. The monoisotopic (exact) mass is 392 g/mol. The molecule has 0 fully saturated rings. The van der Waals surface area contributed by atoms with Gasteiger partial charge in [-0.15, -0.1) is 0 Å². The number of hydrogen-bond acceptors (Lipinski definition) is 0. The van der Waals surface area contributed by atoms with Gasteiger partial charge in [0.2, 0.25) is 0 Å². The lowest BCUT2D eigenvalue weighted by atomic mass is 9.83. The fourth-order valence-corrected chi connectivity index (χ4v) is 4.35. The van der Waals surface area contributed by atoms with Gasteiger partial charge in [0.15, 0.2) is 11.6 Å². The number of aryl methyl sites for hydroxylation is 2. The van der Waals surface area contributed by atoms with Crippen LogP contribution < -0.4 is 0 Å². The molecule has 0 heterocycles. The lowest BCUT2D eigenvalue weighted by molar-refractivity contribution is 0.425. The molecule has 0 saturated carbocycles. The Morgan fingerprint density at radius 1 is 0.714 bits per heavy atom. The van der Waals surface area contributed by atoms with Gasteiger partial charge in [0.25, 0.3) is 0 Å². The normalized spacial score (nSPS) is 20.7. The molecule has 0 aromatic heterocycles. The third-order valence-electron chi connectivity index (χ3n) is 6.08. The number of fused-ring (bicyclic) bond motifs is 2. The first-order chi connectivity index (χ1) is 13.2. The molecule has 2 aromatic rings. The lowest BCUT2D eigenvalue weighted by Gasteiger charge is -2.23. The fraction of sp³-hybridized carbons (Fsp3) is 0.500. The van der Waals surface area contributed by atoms with Gasteiger partial charge >= 0.3 is 0 Å². The summed E-state index contributed by atoms with van der Waals surface area (Å²) in [6.07, 6.45) is 4.97. The molecule has 0 amide bonds. The van der Waals surface area contributed by atoms with E-state index in [1.54, 1.807) is 6.07 Å². The Labute approximate surface area is 165 Å². The Hall–Kier alpha value is -1.84. The van der Waals surface area contributed by atoms with E-state index in [0.29, 0.717) is 30.2 Å². The molecule has 0 nitrogen and oxygen atoms in total. The van der Waals surface area contributed by atoms with E-state index in [-0.39, 0.29) is 16.9 Å². The molecule has 0 bridgehead atoms. The number of benzene rings is 2. The predicted octanol–water partition coefficient (Wildman–Crippen LogP) is 6.80. The van der Waals surface area contributed by atoms with Crippen molar-refractivity contribution in [2.45, 2.75) is 66.2 Å². The fourth-order valence-electron chi connectivity index (χ4n) is 4.35. The minimum atomic E-state index is -1.03. The SMILES string of the molecule is Cc1c(F)c(F)c2c(c1F)CCC(C)C2.Cc1cc(F)c2c(c1)CCC(C)C2. The third-order valence-corrected chi connectivity index (χ3v) is 6.08. The summed E-state index contributed by atoms with van der Waals surface area (Å²) < 4.78 is 54.0. The molecule has 0 N–H and O–H groups in total. The van der Waals surface area contributed by atoms with Crippen LogP contribution >= 0.6 is 0 Å². The van der Waals surface area contributed by atoms with Gasteiger partial charge < -0.3 is 0 Å². The zero-order valence-electron chi connectivity index (χ0n) is 17.1. The Balaban J connectivity index is 0.000000162. The molecule has 2 aromatic carbocycles. The van der Waals surface area contributed by atoms with E-state index >= 15 is 0 Å². The molecule has 4 heteroatoms. The smallest absolute Gasteiger partial charge is 0.164 e. The van der Waals surface area contributed by atoms with Gasteiger partial charge in [0.05, 0.1) is 0 Å². The highest BCUT2D eigenvalue weighted by molar-refractivity contribution is 5.38. The molecule has 0 saturated heterocycles. The molecular weight excluding hydrogens is 364 g/mol. The summed E-state index contributed by atoms with van der Waals surface area (Å²) in [6, 6.07) is 3.78. The molecule has 2 atom stereocenters. The van der Waals surface area contributed by atoms with Gasteiger partial charge in [0, 0.05) is 5.56 Å². The summed E-state index contributed by atoms with van der Waals surface area (Å²) in [5.74, 6) is -1.49. The maximum atomic E-state index is 13.6. The maximum Gasteiger partial charge on any atom is 0.164 e. The second kappa shape index (κ2) is 8.26. The average molecular weight is 392 g/mol. The average Bonchev–Trinajstić information content (AvgIpc) is 2.66. The van der Waals surface area contributed by atoms with Crippen molar-refractivity contribution in [2.75, 3.05) is 0 Å². The van der Waals surface area contributed by atoms with Crippen LogP contribution in [0.1, 0.15) is 60.1 Å². The summed E-state index contributed by atoms with van der Waals surface area (Å²) in [6.45, 7) is 7.41. The predicted molar refractivity (Wildman–Crippen MR) is 105 cm³/mol. The summed E-state index contributed by atoms with van der Waals surface area (Å²) in [5, 5.41) is 0. The van der Waals surface area contributed by atoms with Gasteiger partial charge in [-0.25, -0.2) is 17.6 Å². The van der Waals surface area contributed by atoms with Crippen LogP contribution in [-0.2, 0) is 25.7 Å². The summed E-state index contributed by atoms with van der Waals surface area (Å²) in [4.78, 5) is 0. The zero-order valence-corrected chi connectivity index (χ0v) is 17.1. The molecule has 4 rings (SSSR count).